The van der Waals surface area contributed by atoms with E-state index in [9.17, 15) is 9.90 Å². The number of nitrogens with two attached hydrogens (primary N) is 1. The van der Waals surface area contributed by atoms with Crippen LogP contribution in [0.2, 0.25) is 0 Å². The number of nitrogens with zero attached hydrogens (tertiary/aromatic N) is 3. The molecule has 1 aliphatic rings. The van der Waals surface area contributed by atoms with Crippen LogP contribution in [0.3, 0.4) is 0 Å². The maximum Gasteiger partial charge on any atom is 0.292 e. The molecule has 18 heavy (non-hydrogen) atoms. The standard InChI is InChI=1S/C11H20N4O3/c1-8(17)7-13(5-6-16)10-9(12)11(18)15-4-2-3-14(10)15/h8,16-17H,2-7,12H2,1H3. The number of fused-ring (bicyclic) bond motifs is 1. The van der Waals surface area contributed by atoms with Crippen LogP contribution in [0.4, 0.5) is 11.5 Å². The number of hydrogen-bond acceptors (Lipinski definition) is 5. The Morgan fingerprint density at radius 1 is 1.44 bits per heavy atom. The third-order valence-corrected chi connectivity index (χ3v) is 3.14. The molecule has 0 aromatic carbocycles. The molecule has 0 aliphatic carbocycles. The molecule has 1 aromatic heterocycles. The lowest BCUT2D eigenvalue weighted by atomic mass is 10.3. The van der Waals surface area contributed by atoms with Crippen LogP contribution in [-0.2, 0) is 13.1 Å². The van der Waals surface area contributed by atoms with Crippen molar-refractivity contribution < 1.29 is 10.2 Å². The lowest BCUT2D eigenvalue weighted by molar-refractivity contribution is 0.196. The number of rotatable bonds is 5. The molecule has 1 aromatic rings. The fourth-order valence-corrected chi connectivity index (χ4v) is 2.47. The lowest BCUT2D eigenvalue weighted by Gasteiger charge is -2.26. The van der Waals surface area contributed by atoms with Gasteiger partial charge in [-0.1, -0.05) is 0 Å². The van der Waals surface area contributed by atoms with Gasteiger partial charge in [-0.15, -0.1) is 0 Å². The Kier molecular flexibility index (Phi) is 3.63. The Morgan fingerprint density at radius 2 is 2.11 bits per heavy atom. The van der Waals surface area contributed by atoms with Gasteiger partial charge in [0.2, 0.25) is 0 Å². The van der Waals surface area contributed by atoms with Crippen LogP contribution in [0, 0.1) is 0 Å². The highest BCUT2D eigenvalue weighted by Crippen LogP contribution is 2.24. The van der Waals surface area contributed by atoms with E-state index in [0.29, 0.717) is 25.5 Å². The van der Waals surface area contributed by atoms with Gasteiger partial charge in [0, 0.05) is 26.2 Å². The molecule has 2 heterocycles. The van der Waals surface area contributed by atoms with Gasteiger partial charge >= 0.3 is 0 Å². The topological polar surface area (TPSA) is 96.7 Å². The van der Waals surface area contributed by atoms with Gasteiger partial charge in [0.1, 0.15) is 5.69 Å². The normalized spacial score (nSPS) is 15.7. The van der Waals surface area contributed by atoms with E-state index in [2.05, 4.69) is 0 Å². The summed E-state index contributed by atoms with van der Waals surface area (Å²) in [6.45, 7) is 3.71. The van der Waals surface area contributed by atoms with Crippen molar-refractivity contribution in [2.75, 3.05) is 30.3 Å². The fourth-order valence-electron chi connectivity index (χ4n) is 2.47. The van der Waals surface area contributed by atoms with Gasteiger partial charge in [-0.3, -0.25) is 9.48 Å². The number of nitrogen functional groups attached to an aromatic ring is 1. The van der Waals surface area contributed by atoms with Gasteiger partial charge < -0.3 is 20.8 Å². The van der Waals surface area contributed by atoms with Crippen LogP contribution in [0.5, 0.6) is 0 Å². The van der Waals surface area contributed by atoms with Crippen LogP contribution >= 0.6 is 0 Å². The first-order valence-corrected chi connectivity index (χ1v) is 6.19. The number of anilines is 2. The zero-order valence-electron chi connectivity index (χ0n) is 10.5. The first-order chi connectivity index (χ1) is 8.56. The molecule has 0 fully saturated rings. The van der Waals surface area contributed by atoms with Crippen LogP contribution < -0.4 is 16.2 Å². The molecule has 0 saturated heterocycles. The molecule has 0 saturated carbocycles. The first kappa shape index (κ1) is 13.0. The van der Waals surface area contributed by atoms with E-state index in [1.165, 1.54) is 0 Å². The summed E-state index contributed by atoms with van der Waals surface area (Å²) in [7, 11) is 0. The third-order valence-electron chi connectivity index (χ3n) is 3.14. The molecule has 7 heteroatoms. The molecule has 0 radical (unpaired) electrons. The van der Waals surface area contributed by atoms with E-state index in [0.717, 1.165) is 13.0 Å². The van der Waals surface area contributed by atoms with Crippen molar-refractivity contribution in [3.63, 3.8) is 0 Å². The molecule has 0 bridgehead atoms. The lowest BCUT2D eigenvalue weighted by Crippen LogP contribution is -2.35. The summed E-state index contributed by atoms with van der Waals surface area (Å²) >= 11 is 0. The number of aliphatic hydroxyl groups excluding tert-OH is 2. The average molecular weight is 256 g/mol. The second kappa shape index (κ2) is 5.03. The Labute approximate surface area is 105 Å². The largest absolute Gasteiger partial charge is 0.395 e. The van der Waals surface area contributed by atoms with Crippen LogP contribution in [-0.4, -0.2) is 45.4 Å². The van der Waals surface area contributed by atoms with E-state index in [1.807, 2.05) is 4.68 Å². The summed E-state index contributed by atoms with van der Waals surface area (Å²) in [6.07, 6.45) is 0.355. The van der Waals surface area contributed by atoms with Crippen molar-refractivity contribution in [1.82, 2.24) is 9.36 Å². The minimum Gasteiger partial charge on any atom is -0.395 e. The SMILES string of the molecule is CC(O)CN(CCO)c1c(N)c(=O)n2n1CCC2. The number of hydrogen-bond donors (Lipinski definition) is 3. The van der Waals surface area contributed by atoms with Crippen molar-refractivity contribution in [2.45, 2.75) is 32.5 Å². The van der Waals surface area contributed by atoms with Crippen molar-refractivity contribution in [1.29, 1.82) is 0 Å². The highest BCUT2D eigenvalue weighted by molar-refractivity contribution is 5.63. The smallest absolute Gasteiger partial charge is 0.292 e. The summed E-state index contributed by atoms with van der Waals surface area (Å²) in [5.74, 6) is 0.618. The van der Waals surface area contributed by atoms with E-state index >= 15 is 0 Å². The number of aliphatic hydroxyl groups is 2. The van der Waals surface area contributed by atoms with E-state index in [1.54, 1.807) is 16.5 Å². The maximum absolute atomic E-state index is 11.9. The molecule has 7 nitrogen and oxygen atoms in total. The van der Waals surface area contributed by atoms with Crippen molar-refractivity contribution in [2.24, 2.45) is 0 Å². The summed E-state index contributed by atoms with van der Waals surface area (Å²) in [5, 5.41) is 18.6. The molecular weight excluding hydrogens is 236 g/mol. The molecule has 102 valence electrons. The van der Waals surface area contributed by atoms with E-state index in [4.69, 9.17) is 10.8 Å². The van der Waals surface area contributed by atoms with E-state index in [-0.39, 0.29) is 17.9 Å². The monoisotopic (exact) mass is 256 g/mol. The van der Waals surface area contributed by atoms with Gasteiger partial charge in [0.15, 0.2) is 5.82 Å². The summed E-state index contributed by atoms with van der Waals surface area (Å²) in [5.41, 5.74) is 5.88. The van der Waals surface area contributed by atoms with Crippen molar-refractivity contribution >= 4 is 11.5 Å². The summed E-state index contributed by atoms with van der Waals surface area (Å²) < 4.78 is 3.47. The van der Waals surface area contributed by atoms with Crippen LogP contribution in [0.1, 0.15) is 13.3 Å². The maximum atomic E-state index is 11.9. The second-order valence-corrected chi connectivity index (χ2v) is 4.66. The van der Waals surface area contributed by atoms with Gasteiger partial charge in [-0.25, -0.2) is 4.68 Å². The van der Waals surface area contributed by atoms with Gasteiger partial charge in [-0.2, -0.15) is 0 Å². The Bertz CT molecular complexity index is 477. The highest BCUT2D eigenvalue weighted by Gasteiger charge is 2.25. The Balaban J connectivity index is 2.41. The Hall–Kier alpha value is -1.47. The zero-order valence-corrected chi connectivity index (χ0v) is 10.5. The average Bonchev–Trinajstić information content (AvgIpc) is 2.83. The minimum absolute atomic E-state index is 0.0501. The van der Waals surface area contributed by atoms with Crippen molar-refractivity contribution in [3.05, 3.63) is 10.4 Å². The zero-order chi connectivity index (χ0) is 13.3. The fraction of sp³-hybridized carbons (Fsp3) is 0.727. The quantitative estimate of drug-likeness (QED) is 0.616. The number of aromatic nitrogens is 2. The van der Waals surface area contributed by atoms with Crippen LogP contribution in [0.15, 0.2) is 4.79 Å². The second-order valence-electron chi connectivity index (χ2n) is 4.66. The molecule has 0 spiro atoms. The Morgan fingerprint density at radius 3 is 2.72 bits per heavy atom. The molecule has 4 N–H and O–H groups in total. The minimum atomic E-state index is -0.552. The first-order valence-electron chi connectivity index (χ1n) is 6.19. The van der Waals surface area contributed by atoms with Gasteiger partial charge in [-0.05, 0) is 13.3 Å². The predicted molar refractivity (Wildman–Crippen MR) is 68.7 cm³/mol. The summed E-state index contributed by atoms with van der Waals surface area (Å²) in [4.78, 5) is 13.7. The summed E-state index contributed by atoms with van der Waals surface area (Å²) in [6, 6.07) is 0. The molecule has 2 rings (SSSR count). The van der Waals surface area contributed by atoms with Gasteiger partial charge in [0.05, 0.1) is 12.7 Å². The molecule has 0 amide bonds. The molecular formula is C11H20N4O3. The predicted octanol–water partition coefficient (Wildman–Crippen LogP) is -1.18. The van der Waals surface area contributed by atoms with Crippen molar-refractivity contribution in [3.8, 4) is 0 Å². The molecule has 1 aliphatic heterocycles. The molecule has 1 atom stereocenters. The molecule has 1 unspecified atom stereocenters. The van der Waals surface area contributed by atoms with Crippen LogP contribution in [0.25, 0.3) is 0 Å². The van der Waals surface area contributed by atoms with Gasteiger partial charge in [0.25, 0.3) is 5.56 Å². The third kappa shape index (κ3) is 2.11. The highest BCUT2D eigenvalue weighted by atomic mass is 16.3. The van der Waals surface area contributed by atoms with E-state index < -0.39 is 6.10 Å².